The van der Waals surface area contributed by atoms with Gasteiger partial charge in [0.2, 0.25) is 0 Å². The van der Waals surface area contributed by atoms with Gasteiger partial charge < -0.3 is 4.74 Å². The van der Waals surface area contributed by atoms with Crippen LogP contribution in [0.2, 0.25) is 0 Å². The lowest BCUT2D eigenvalue weighted by Gasteiger charge is -2.33. The van der Waals surface area contributed by atoms with Crippen LogP contribution in [0.3, 0.4) is 0 Å². The van der Waals surface area contributed by atoms with Crippen molar-refractivity contribution in [1.29, 1.82) is 0 Å². The molecule has 0 amide bonds. The number of halogens is 1. The number of alkyl halides is 1. The minimum absolute atomic E-state index is 0.0753. The van der Waals surface area contributed by atoms with E-state index in [4.69, 9.17) is 16.3 Å². The number of hydrogen-bond acceptors (Lipinski definition) is 2. The fourth-order valence-corrected chi connectivity index (χ4v) is 4.42. The van der Waals surface area contributed by atoms with Gasteiger partial charge in [0.15, 0.2) is 0 Å². The molecule has 0 saturated carbocycles. The number of ether oxygens (including phenoxy) is 1. The van der Waals surface area contributed by atoms with Crippen LogP contribution in [0.1, 0.15) is 31.4 Å². The molecule has 23 heavy (non-hydrogen) atoms. The zero-order chi connectivity index (χ0) is 16.0. The van der Waals surface area contributed by atoms with Crippen LogP contribution >= 0.6 is 22.9 Å². The second-order valence-electron chi connectivity index (χ2n) is 6.76. The van der Waals surface area contributed by atoms with Gasteiger partial charge in [0, 0.05) is 27.1 Å². The van der Waals surface area contributed by atoms with Crippen molar-refractivity contribution in [1.82, 2.24) is 0 Å². The van der Waals surface area contributed by atoms with E-state index < -0.39 is 0 Å². The number of rotatable bonds is 2. The molecule has 0 aliphatic carbocycles. The van der Waals surface area contributed by atoms with Crippen molar-refractivity contribution in [3.05, 3.63) is 52.9 Å². The average molecular weight is 343 g/mol. The fraction of sp³-hybridized carbons (Fsp3) is 0.300. The Labute approximate surface area is 145 Å². The van der Waals surface area contributed by atoms with Crippen LogP contribution < -0.4 is 4.74 Å². The van der Waals surface area contributed by atoms with Crippen LogP contribution in [0.5, 0.6) is 5.75 Å². The summed E-state index contributed by atoms with van der Waals surface area (Å²) in [6, 6.07) is 12.9. The maximum absolute atomic E-state index is 6.20. The Morgan fingerprint density at radius 1 is 1.17 bits per heavy atom. The third-order valence-corrected chi connectivity index (χ3v) is 5.85. The first-order valence-electron chi connectivity index (χ1n) is 7.95. The second-order valence-corrected chi connectivity index (χ2v) is 7.94. The third kappa shape index (κ3) is 2.64. The molecule has 3 aromatic rings. The molecule has 4 rings (SSSR count). The Kier molecular flexibility index (Phi) is 3.62. The van der Waals surface area contributed by atoms with Gasteiger partial charge in [-0.3, -0.25) is 0 Å². The van der Waals surface area contributed by atoms with Gasteiger partial charge in [0.05, 0.1) is 0 Å². The van der Waals surface area contributed by atoms with E-state index in [9.17, 15) is 0 Å². The summed E-state index contributed by atoms with van der Waals surface area (Å²) < 4.78 is 7.51. The van der Waals surface area contributed by atoms with E-state index in [1.165, 1.54) is 32.3 Å². The lowest BCUT2D eigenvalue weighted by atomic mass is 9.89. The molecule has 0 atom stereocenters. The van der Waals surface area contributed by atoms with Crippen molar-refractivity contribution in [3.63, 3.8) is 0 Å². The highest BCUT2D eigenvalue weighted by Crippen LogP contribution is 2.42. The zero-order valence-corrected chi connectivity index (χ0v) is 14.9. The van der Waals surface area contributed by atoms with E-state index in [1.807, 2.05) is 0 Å². The Morgan fingerprint density at radius 3 is 2.87 bits per heavy atom. The average Bonchev–Trinajstić information content (AvgIpc) is 2.95. The van der Waals surface area contributed by atoms with Crippen LogP contribution in [0.4, 0.5) is 0 Å². The summed E-state index contributed by atoms with van der Waals surface area (Å²) in [5.41, 5.74) is 5.03. The Bertz CT molecular complexity index is 878. The van der Waals surface area contributed by atoms with E-state index in [1.54, 1.807) is 11.3 Å². The highest BCUT2D eigenvalue weighted by atomic mass is 35.5. The molecule has 1 nitrogen and oxygen atoms in total. The number of hydrogen-bond donors (Lipinski definition) is 0. The molecule has 1 aliphatic rings. The summed E-state index contributed by atoms with van der Waals surface area (Å²) in [7, 11) is 0. The van der Waals surface area contributed by atoms with Crippen molar-refractivity contribution < 1.29 is 4.74 Å². The quantitative estimate of drug-likeness (QED) is 0.489. The predicted octanol–water partition coefficient (Wildman–Crippen LogP) is 6.41. The highest BCUT2D eigenvalue weighted by Gasteiger charge is 2.28. The van der Waals surface area contributed by atoms with Gasteiger partial charge in [0.25, 0.3) is 0 Å². The summed E-state index contributed by atoms with van der Waals surface area (Å²) >= 11 is 7.82. The molecule has 2 heterocycles. The first-order chi connectivity index (χ1) is 11.1. The first kappa shape index (κ1) is 15.0. The maximum Gasteiger partial charge on any atom is 0.123 e. The molecular weight excluding hydrogens is 324 g/mol. The summed E-state index contributed by atoms with van der Waals surface area (Å²) in [6.45, 7) is 4.32. The fourth-order valence-electron chi connectivity index (χ4n) is 3.31. The topological polar surface area (TPSA) is 9.23 Å². The lowest BCUT2D eigenvalue weighted by molar-refractivity contribution is 0.0849. The minimum atomic E-state index is -0.0753. The summed E-state index contributed by atoms with van der Waals surface area (Å²) in [4.78, 5) is 0. The Balaban J connectivity index is 1.89. The molecule has 1 aliphatic heterocycles. The summed E-state index contributed by atoms with van der Waals surface area (Å²) in [5.74, 6) is 1.58. The molecular formula is C20H19ClOS. The monoisotopic (exact) mass is 342 g/mol. The van der Waals surface area contributed by atoms with Gasteiger partial charge >= 0.3 is 0 Å². The highest BCUT2D eigenvalue weighted by molar-refractivity contribution is 7.17. The van der Waals surface area contributed by atoms with Crippen molar-refractivity contribution in [3.8, 4) is 16.9 Å². The van der Waals surface area contributed by atoms with E-state index in [2.05, 4.69) is 55.6 Å². The van der Waals surface area contributed by atoms with Gasteiger partial charge in [-0.05, 0) is 61.4 Å². The maximum atomic E-state index is 6.20. The van der Waals surface area contributed by atoms with E-state index in [0.717, 1.165) is 18.6 Å². The van der Waals surface area contributed by atoms with Crippen LogP contribution in [0.25, 0.3) is 21.2 Å². The number of thiophene rings is 1. The van der Waals surface area contributed by atoms with Crippen LogP contribution in [0, 0.1) is 0 Å². The molecule has 0 fully saturated rings. The van der Waals surface area contributed by atoms with Crippen LogP contribution in [-0.2, 0) is 12.3 Å². The van der Waals surface area contributed by atoms with Gasteiger partial charge in [-0.2, -0.15) is 0 Å². The van der Waals surface area contributed by atoms with Gasteiger partial charge in [-0.1, -0.05) is 18.2 Å². The molecule has 0 N–H and O–H groups in total. The van der Waals surface area contributed by atoms with Gasteiger partial charge in [-0.25, -0.2) is 0 Å². The van der Waals surface area contributed by atoms with Gasteiger partial charge in [-0.15, -0.1) is 22.9 Å². The lowest BCUT2D eigenvalue weighted by Crippen LogP contribution is -2.32. The molecule has 1 aromatic heterocycles. The molecule has 0 unspecified atom stereocenters. The molecule has 118 valence electrons. The first-order valence-corrected chi connectivity index (χ1v) is 9.36. The van der Waals surface area contributed by atoms with E-state index in [-0.39, 0.29) is 5.60 Å². The third-order valence-electron chi connectivity index (χ3n) is 4.58. The SMILES string of the molecule is CC1(C)CCc2c(cccc2-c2csc3ccc(CCl)cc23)O1. The van der Waals surface area contributed by atoms with Crippen LogP contribution in [0.15, 0.2) is 41.8 Å². The molecule has 3 heteroatoms. The largest absolute Gasteiger partial charge is 0.488 e. The number of fused-ring (bicyclic) bond motifs is 2. The standard InChI is InChI=1S/C20H19ClOS/c1-20(2)9-8-15-14(4-3-5-18(15)22-20)17-12-23-19-7-6-13(11-21)10-16(17)19/h3-7,10,12H,8-9,11H2,1-2H3. The second kappa shape index (κ2) is 5.54. The molecule has 2 aromatic carbocycles. The van der Waals surface area contributed by atoms with Crippen molar-refractivity contribution in [2.45, 2.75) is 38.2 Å². The van der Waals surface area contributed by atoms with Crippen molar-refractivity contribution in [2.24, 2.45) is 0 Å². The van der Waals surface area contributed by atoms with E-state index in [0.29, 0.717) is 5.88 Å². The normalized spacial score (nSPS) is 16.1. The predicted molar refractivity (Wildman–Crippen MR) is 99.8 cm³/mol. The zero-order valence-electron chi connectivity index (χ0n) is 13.4. The van der Waals surface area contributed by atoms with Crippen molar-refractivity contribution in [2.75, 3.05) is 0 Å². The Morgan fingerprint density at radius 2 is 2.04 bits per heavy atom. The molecule has 0 spiro atoms. The number of benzene rings is 2. The summed E-state index contributed by atoms with van der Waals surface area (Å²) in [5, 5.41) is 3.56. The van der Waals surface area contributed by atoms with E-state index >= 15 is 0 Å². The molecule has 0 radical (unpaired) electrons. The molecule has 0 bridgehead atoms. The Hall–Kier alpha value is -1.51. The van der Waals surface area contributed by atoms with Crippen molar-refractivity contribution >= 4 is 33.0 Å². The smallest absolute Gasteiger partial charge is 0.123 e. The van der Waals surface area contributed by atoms with Gasteiger partial charge in [0.1, 0.15) is 11.4 Å². The summed E-state index contributed by atoms with van der Waals surface area (Å²) in [6.07, 6.45) is 2.11. The molecule has 0 saturated heterocycles. The minimum Gasteiger partial charge on any atom is -0.488 e. The van der Waals surface area contributed by atoms with Crippen LogP contribution in [-0.4, -0.2) is 5.60 Å².